The van der Waals surface area contributed by atoms with Gasteiger partial charge in [-0.25, -0.2) is 9.89 Å². The zero-order valence-corrected chi connectivity index (χ0v) is 12.6. The predicted octanol–water partition coefficient (Wildman–Crippen LogP) is 1.76. The van der Waals surface area contributed by atoms with Crippen LogP contribution in [-0.4, -0.2) is 33.1 Å². The Bertz CT molecular complexity index is 442. The Morgan fingerprint density at radius 1 is 1.53 bits per heavy atom. The highest BCUT2D eigenvalue weighted by molar-refractivity contribution is 7.99. The lowest BCUT2D eigenvalue weighted by Crippen LogP contribution is -2.33. The van der Waals surface area contributed by atoms with Crippen LogP contribution in [0.25, 0.3) is 0 Å². The van der Waals surface area contributed by atoms with E-state index < -0.39 is 0 Å². The molecule has 19 heavy (non-hydrogen) atoms. The summed E-state index contributed by atoms with van der Waals surface area (Å²) in [5.74, 6) is 1.82. The van der Waals surface area contributed by atoms with E-state index in [0.717, 1.165) is 23.4 Å². The van der Waals surface area contributed by atoms with Gasteiger partial charge in [0.25, 0.3) is 0 Å². The average molecular weight is 284 g/mol. The molecule has 1 aliphatic rings. The summed E-state index contributed by atoms with van der Waals surface area (Å²) >= 11 is 1.67. The van der Waals surface area contributed by atoms with Gasteiger partial charge in [0.2, 0.25) is 0 Å². The number of H-pyrrole nitrogens is 1. The standard InChI is InChI=1S/C13H24N4OS/c1-3-8-14-11-6-4-5-10(11)7-9-19-13-16-15-12(18)17(13)2/h10-11,14H,3-9H2,1-2H3,(H,15,18). The fourth-order valence-corrected chi connectivity index (χ4v) is 3.73. The third kappa shape index (κ3) is 3.86. The van der Waals surface area contributed by atoms with Crippen LogP contribution in [0.2, 0.25) is 0 Å². The summed E-state index contributed by atoms with van der Waals surface area (Å²) in [6.07, 6.45) is 6.40. The smallest absolute Gasteiger partial charge is 0.314 e. The highest BCUT2D eigenvalue weighted by atomic mass is 32.2. The van der Waals surface area contributed by atoms with Gasteiger partial charge in [0.05, 0.1) is 0 Å². The lowest BCUT2D eigenvalue weighted by Gasteiger charge is -2.20. The number of aromatic amines is 1. The van der Waals surface area contributed by atoms with Crippen molar-refractivity contribution in [2.24, 2.45) is 13.0 Å². The van der Waals surface area contributed by atoms with E-state index in [9.17, 15) is 4.79 Å². The van der Waals surface area contributed by atoms with Gasteiger partial charge in [0, 0.05) is 18.8 Å². The molecule has 0 bridgehead atoms. The minimum Gasteiger partial charge on any atom is -0.314 e. The van der Waals surface area contributed by atoms with Gasteiger partial charge < -0.3 is 5.32 Å². The van der Waals surface area contributed by atoms with Crippen molar-refractivity contribution in [2.45, 2.75) is 50.2 Å². The number of hydrogen-bond acceptors (Lipinski definition) is 4. The summed E-state index contributed by atoms with van der Waals surface area (Å²) in [6.45, 7) is 3.34. The summed E-state index contributed by atoms with van der Waals surface area (Å²) in [6, 6.07) is 0.698. The van der Waals surface area contributed by atoms with Crippen LogP contribution < -0.4 is 11.0 Å². The molecular weight excluding hydrogens is 260 g/mol. The van der Waals surface area contributed by atoms with Crippen LogP contribution in [0.15, 0.2) is 9.95 Å². The highest BCUT2D eigenvalue weighted by Gasteiger charge is 2.26. The molecular formula is C13H24N4OS. The molecule has 1 saturated carbocycles. The number of nitrogens with one attached hydrogen (secondary N) is 2. The van der Waals surface area contributed by atoms with Crippen LogP contribution in [0.5, 0.6) is 0 Å². The molecule has 6 heteroatoms. The number of thioether (sulfide) groups is 1. The Labute approximate surface area is 118 Å². The van der Waals surface area contributed by atoms with E-state index in [-0.39, 0.29) is 5.69 Å². The zero-order chi connectivity index (χ0) is 13.7. The van der Waals surface area contributed by atoms with Gasteiger partial charge >= 0.3 is 5.69 Å². The van der Waals surface area contributed by atoms with Crippen molar-refractivity contribution in [3.63, 3.8) is 0 Å². The van der Waals surface area contributed by atoms with E-state index in [2.05, 4.69) is 22.4 Å². The third-order valence-electron chi connectivity index (χ3n) is 3.87. The molecule has 0 amide bonds. The molecule has 5 nitrogen and oxygen atoms in total. The minimum absolute atomic E-state index is 0.133. The summed E-state index contributed by atoms with van der Waals surface area (Å²) in [4.78, 5) is 11.3. The molecule has 108 valence electrons. The topological polar surface area (TPSA) is 62.7 Å². The van der Waals surface area contributed by atoms with Gasteiger partial charge in [0.15, 0.2) is 5.16 Å². The minimum atomic E-state index is -0.133. The van der Waals surface area contributed by atoms with Crippen LogP contribution in [0.4, 0.5) is 0 Å². The molecule has 1 aliphatic carbocycles. The molecule has 1 aromatic rings. The second-order valence-electron chi connectivity index (χ2n) is 5.26. The van der Waals surface area contributed by atoms with E-state index >= 15 is 0 Å². The molecule has 0 radical (unpaired) electrons. The van der Waals surface area contributed by atoms with E-state index in [4.69, 9.17) is 0 Å². The summed E-state index contributed by atoms with van der Waals surface area (Å²) in [7, 11) is 1.76. The maximum Gasteiger partial charge on any atom is 0.343 e. The first-order valence-corrected chi connectivity index (χ1v) is 8.18. The fourth-order valence-electron chi connectivity index (χ4n) is 2.74. The molecule has 1 fully saturated rings. The molecule has 2 N–H and O–H groups in total. The number of hydrogen-bond donors (Lipinski definition) is 2. The maximum atomic E-state index is 11.3. The van der Waals surface area contributed by atoms with Crippen LogP contribution in [0.3, 0.4) is 0 Å². The number of rotatable bonds is 7. The van der Waals surface area contributed by atoms with Gasteiger partial charge in [-0.1, -0.05) is 25.1 Å². The molecule has 2 atom stereocenters. The van der Waals surface area contributed by atoms with Crippen LogP contribution >= 0.6 is 11.8 Å². The average Bonchev–Trinajstić information content (AvgIpc) is 2.98. The van der Waals surface area contributed by atoms with E-state index in [1.165, 1.54) is 32.1 Å². The number of nitrogens with zero attached hydrogens (tertiary/aromatic N) is 2. The van der Waals surface area contributed by atoms with Crippen LogP contribution in [0, 0.1) is 5.92 Å². The molecule has 1 aromatic heterocycles. The van der Waals surface area contributed by atoms with Crippen molar-refractivity contribution < 1.29 is 0 Å². The highest BCUT2D eigenvalue weighted by Crippen LogP contribution is 2.30. The quantitative estimate of drug-likeness (QED) is 0.749. The van der Waals surface area contributed by atoms with Gasteiger partial charge in [0.1, 0.15) is 0 Å². The Morgan fingerprint density at radius 2 is 2.37 bits per heavy atom. The van der Waals surface area contributed by atoms with Gasteiger partial charge in [-0.05, 0) is 38.1 Å². The summed E-state index contributed by atoms with van der Waals surface area (Å²) in [5.41, 5.74) is -0.133. The second kappa shape index (κ2) is 7.14. The molecule has 2 unspecified atom stereocenters. The van der Waals surface area contributed by atoms with Crippen molar-refractivity contribution >= 4 is 11.8 Å². The van der Waals surface area contributed by atoms with Gasteiger partial charge in [-0.2, -0.15) is 0 Å². The van der Waals surface area contributed by atoms with Gasteiger partial charge in [-0.15, -0.1) is 5.10 Å². The lowest BCUT2D eigenvalue weighted by molar-refractivity contribution is 0.393. The molecule has 0 aliphatic heterocycles. The van der Waals surface area contributed by atoms with Crippen LogP contribution in [0.1, 0.15) is 39.0 Å². The normalized spacial score (nSPS) is 23.1. The SMILES string of the molecule is CCCNC1CCCC1CCSc1n[nH]c(=O)n1C. The second-order valence-corrected chi connectivity index (χ2v) is 6.32. The van der Waals surface area contributed by atoms with E-state index in [1.807, 2.05) is 0 Å². The Balaban J connectivity index is 1.75. The third-order valence-corrected chi connectivity index (χ3v) is 4.94. The lowest BCUT2D eigenvalue weighted by atomic mass is 10.0. The molecule has 0 aromatic carbocycles. The van der Waals surface area contributed by atoms with Crippen molar-refractivity contribution in [1.29, 1.82) is 0 Å². The fraction of sp³-hybridized carbons (Fsp3) is 0.846. The predicted molar refractivity (Wildman–Crippen MR) is 78.6 cm³/mol. The van der Waals surface area contributed by atoms with Crippen molar-refractivity contribution in [3.05, 3.63) is 10.5 Å². The summed E-state index contributed by atoms with van der Waals surface area (Å²) < 4.78 is 1.58. The van der Waals surface area contributed by atoms with E-state index in [0.29, 0.717) is 6.04 Å². The Hall–Kier alpha value is -0.750. The monoisotopic (exact) mass is 284 g/mol. The first-order chi connectivity index (χ1) is 9.22. The molecule has 1 heterocycles. The van der Waals surface area contributed by atoms with E-state index in [1.54, 1.807) is 23.4 Å². The van der Waals surface area contributed by atoms with Crippen molar-refractivity contribution in [2.75, 3.05) is 12.3 Å². The van der Waals surface area contributed by atoms with Gasteiger partial charge in [-0.3, -0.25) is 4.57 Å². The largest absolute Gasteiger partial charge is 0.343 e. The first-order valence-electron chi connectivity index (χ1n) is 7.20. The van der Waals surface area contributed by atoms with Crippen molar-refractivity contribution in [3.8, 4) is 0 Å². The van der Waals surface area contributed by atoms with Crippen molar-refractivity contribution in [1.82, 2.24) is 20.1 Å². The molecule has 0 saturated heterocycles. The molecule has 2 rings (SSSR count). The number of aromatic nitrogens is 3. The Morgan fingerprint density at radius 3 is 3.05 bits per heavy atom. The molecule has 0 spiro atoms. The summed E-state index contributed by atoms with van der Waals surface area (Å²) in [5, 5.41) is 10.9. The Kier molecular flexibility index (Phi) is 5.51. The van der Waals surface area contributed by atoms with Crippen LogP contribution in [-0.2, 0) is 7.05 Å². The zero-order valence-electron chi connectivity index (χ0n) is 11.8. The maximum absolute atomic E-state index is 11.3. The first kappa shape index (κ1) is 14.7.